The molecule has 1 heterocycles. The predicted molar refractivity (Wildman–Crippen MR) is 103 cm³/mol. The van der Waals surface area contributed by atoms with E-state index in [2.05, 4.69) is 4.98 Å². The summed E-state index contributed by atoms with van der Waals surface area (Å²) in [4.78, 5) is 27.4. The molecule has 0 radical (unpaired) electrons. The van der Waals surface area contributed by atoms with Crippen LogP contribution in [0.15, 0.2) is 47.3 Å². The Morgan fingerprint density at radius 3 is 2.62 bits per heavy atom. The van der Waals surface area contributed by atoms with Gasteiger partial charge in [0.15, 0.2) is 6.61 Å². The molecule has 1 aromatic heterocycles. The standard InChI is InChI=1S/C20H19NO4S/c1-20(2,3)14-9-8-12(10-15(14)25-11-17(22)23)19-21-18(24)13-6-4-5-7-16(13)26-19/h4-10H,11H2,1-3H3,(H,22,23). The van der Waals surface area contributed by atoms with E-state index in [4.69, 9.17) is 9.84 Å². The second kappa shape index (κ2) is 6.88. The van der Waals surface area contributed by atoms with E-state index in [-0.39, 0.29) is 11.0 Å². The maximum atomic E-state index is 12.3. The third-order valence-electron chi connectivity index (χ3n) is 3.91. The number of carbonyl (C=O) groups is 1. The van der Waals surface area contributed by atoms with Gasteiger partial charge in [-0.2, -0.15) is 4.98 Å². The topological polar surface area (TPSA) is 76.5 Å². The van der Waals surface area contributed by atoms with E-state index < -0.39 is 12.6 Å². The zero-order chi connectivity index (χ0) is 18.9. The molecular formula is C20H19NO4S. The molecule has 134 valence electrons. The van der Waals surface area contributed by atoms with E-state index in [9.17, 15) is 9.59 Å². The number of nitrogens with zero attached hydrogens (tertiary/aromatic N) is 1. The fourth-order valence-electron chi connectivity index (χ4n) is 2.67. The molecule has 3 aromatic rings. The van der Waals surface area contributed by atoms with Crippen LogP contribution in [0.3, 0.4) is 0 Å². The molecule has 3 rings (SSSR count). The second-order valence-electron chi connectivity index (χ2n) is 6.96. The van der Waals surface area contributed by atoms with E-state index in [1.165, 1.54) is 11.3 Å². The predicted octanol–water partition coefficient (Wildman–Crippen LogP) is 4.08. The molecule has 5 nitrogen and oxygen atoms in total. The minimum absolute atomic E-state index is 0.212. The van der Waals surface area contributed by atoms with Gasteiger partial charge in [-0.25, -0.2) is 4.79 Å². The lowest BCUT2D eigenvalue weighted by atomic mass is 9.86. The van der Waals surface area contributed by atoms with Gasteiger partial charge in [0.05, 0.1) is 5.39 Å². The Hall–Kier alpha value is -2.73. The molecule has 26 heavy (non-hydrogen) atoms. The van der Waals surface area contributed by atoms with Crippen LogP contribution in [0.5, 0.6) is 5.75 Å². The summed E-state index contributed by atoms with van der Waals surface area (Å²) in [6.45, 7) is 5.67. The van der Waals surface area contributed by atoms with Crippen LogP contribution in [0.4, 0.5) is 0 Å². The van der Waals surface area contributed by atoms with Crippen molar-refractivity contribution in [3.8, 4) is 16.3 Å². The molecule has 0 fully saturated rings. The van der Waals surface area contributed by atoms with Gasteiger partial charge >= 0.3 is 5.97 Å². The van der Waals surface area contributed by atoms with E-state index in [0.29, 0.717) is 16.1 Å². The molecule has 0 atom stereocenters. The smallest absolute Gasteiger partial charge is 0.341 e. The van der Waals surface area contributed by atoms with E-state index >= 15 is 0 Å². The van der Waals surface area contributed by atoms with Crippen molar-refractivity contribution in [2.24, 2.45) is 0 Å². The van der Waals surface area contributed by atoms with Crippen molar-refractivity contribution >= 4 is 27.4 Å². The Labute approximate surface area is 154 Å². The SMILES string of the molecule is CC(C)(C)c1ccc(-c2nc(=O)c3ccccc3s2)cc1OCC(=O)O. The normalized spacial score (nSPS) is 11.5. The Morgan fingerprint density at radius 1 is 1.19 bits per heavy atom. The van der Waals surface area contributed by atoms with Gasteiger partial charge in [-0.3, -0.25) is 4.79 Å². The Kier molecular flexibility index (Phi) is 4.78. The monoisotopic (exact) mass is 369 g/mol. The first-order valence-corrected chi connectivity index (χ1v) is 8.97. The van der Waals surface area contributed by atoms with Crippen molar-refractivity contribution in [2.45, 2.75) is 26.2 Å². The third-order valence-corrected chi connectivity index (χ3v) is 5.01. The van der Waals surface area contributed by atoms with Crippen LogP contribution >= 0.6 is 11.3 Å². The number of rotatable bonds is 4. The largest absolute Gasteiger partial charge is 0.482 e. The van der Waals surface area contributed by atoms with Crippen LogP contribution in [0.25, 0.3) is 20.7 Å². The molecular weight excluding hydrogens is 350 g/mol. The molecule has 0 bridgehead atoms. The number of hydrogen-bond acceptors (Lipinski definition) is 5. The number of benzene rings is 2. The quantitative estimate of drug-likeness (QED) is 0.750. The fourth-order valence-corrected chi connectivity index (χ4v) is 3.66. The summed E-state index contributed by atoms with van der Waals surface area (Å²) in [5, 5.41) is 10.1. The first-order valence-electron chi connectivity index (χ1n) is 8.15. The highest BCUT2D eigenvalue weighted by Gasteiger charge is 2.21. The average Bonchev–Trinajstić information content (AvgIpc) is 2.59. The molecule has 0 unspecified atom stereocenters. The number of aromatic nitrogens is 1. The van der Waals surface area contributed by atoms with Gasteiger partial charge in [0, 0.05) is 10.3 Å². The van der Waals surface area contributed by atoms with Gasteiger partial charge in [-0.15, -0.1) is 11.3 Å². The van der Waals surface area contributed by atoms with Crippen LogP contribution in [0.2, 0.25) is 0 Å². The number of fused-ring (bicyclic) bond motifs is 1. The van der Waals surface area contributed by atoms with Gasteiger partial charge in [0.2, 0.25) is 0 Å². The highest BCUT2D eigenvalue weighted by molar-refractivity contribution is 7.21. The summed E-state index contributed by atoms with van der Waals surface area (Å²) in [6, 6.07) is 12.9. The lowest BCUT2D eigenvalue weighted by Crippen LogP contribution is -2.16. The van der Waals surface area contributed by atoms with Crippen LogP contribution in [-0.2, 0) is 10.2 Å². The molecule has 0 aliphatic heterocycles. The number of aliphatic carboxylic acids is 1. The van der Waals surface area contributed by atoms with Gasteiger partial charge in [-0.05, 0) is 29.2 Å². The lowest BCUT2D eigenvalue weighted by molar-refractivity contribution is -0.139. The summed E-state index contributed by atoms with van der Waals surface area (Å²) >= 11 is 1.42. The van der Waals surface area contributed by atoms with Crippen LogP contribution in [0, 0.1) is 0 Å². The van der Waals surface area contributed by atoms with Gasteiger partial charge in [0.1, 0.15) is 10.8 Å². The number of hydrogen-bond donors (Lipinski definition) is 1. The van der Waals surface area contributed by atoms with Crippen LogP contribution < -0.4 is 10.3 Å². The first-order chi connectivity index (χ1) is 12.3. The molecule has 6 heteroatoms. The van der Waals surface area contributed by atoms with Crippen LogP contribution in [0.1, 0.15) is 26.3 Å². The molecule has 2 aromatic carbocycles. The summed E-state index contributed by atoms with van der Waals surface area (Å²) in [7, 11) is 0. The molecule has 0 spiro atoms. The van der Waals surface area contributed by atoms with Gasteiger partial charge < -0.3 is 9.84 Å². The van der Waals surface area contributed by atoms with Gasteiger partial charge in [-0.1, -0.05) is 45.0 Å². The highest BCUT2D eigenvalue weighted by Crippen LogP contribution is 2.36. The van der Waals surface area contributed by atoms with E-state index in [1.54, 1.807) is 12.1 Å². The summed E-state index contributed by atoms with van der Waals surface area (Å²) in [5.74, 6) is -0.546. The lowest BCUT2D eigenvalue weighted by Gasteiger charge is -2.23. The Morgan fingerprint density at radius 2 is 1.92 bits per heavy atom. The zero-order valence-corrected chi connectivity index (χ0v) is 15.6. The van der Waals surface area contributed by atoms with Crippen molar-refractivity contribution < 1.29 is 14.6 Å². The minimum atomic E-state index is -1.04. The highest BCUT2D eigenvalue weighted by atomic mass is 32.1. The molecule has 1 N–H and O–H groups in total. The maximum absolute atomic E-state index is 12.3. The van der Waals surface area contributed by atoms with Crippen molar-refractivity contribution in [1.29, 1.82) is 0 Å². The molecule has 0 saturated heterocycles. The van der Waals surface area contributed by atoms with E-state index in [1.807, 2.05) is 51.1 Å². The molecule has 0 aliphatic rings. The van der Waals surface area contributed by atoms with Crippen molar-refractivity contribution in [2.75, 3.05) is 6.61 Å². The maximum Gasteiger partial charge on any atom is 0.341 e. The van der Waals surface area contributed by atoms with Crippen molar-refractivity contribution in [3.05, 3.63) is 58.4 Å². The first kappa shape index (κ1) is 18.1. The van der Waals surface area contributed by atoms with Crippen molar-refractivity contribution in [1.82, 2.24) is 4.98 Å². The summed E-state index contributed by atoms with van der Waals surface area (Å²) < 4.78 is 6.36. The van der Waals surface area contributed by atoms with E-state index in [0.717, 1.165) is 15.8 Å². The Bertz CT molecular complexity index is 1030. The average molecular weight is 369 g/mol. The van der Waals surface area contributed by atoms with Crippen LogP contribution in [-0.4, -0.2) is 22.7 Å². The molecule has 0 amide bonds. The molecule has 0 saturated carbocycles. The number of carboxylic acid groups (broad SMARTS) is 1. The minimum Gasteiger partial charge on any atom is -0.482 e. The summed E-state index contributed by atoms with van der Waals surface area (Å²) in [6.07, 6.45) is 0. The number of ether oxygens (including phenoxy) is 1. The zero-order valence-electron chi connectivity index (χ0n) is 14.8. The summed E-state index contributed by atoms with van der Waals surface area (Å²) in [5.41, 5.74) is 1.14. The number of carboxylic acids is 1. The fraction of sp³-hybridized carbons (Fsp3) is 0.250. The van der Waals surface area contributed by atoms with Gasteiger partial charge in [0.25, 0.3) is 5.56 Å². The van der Waals surface area contributed by atoms with Crippen molar-refractivity contribution in [3.63, 3.8) is 0 Å². The Balaban J connectivity index is 2.12. The molecule has 0 aliphatic carbocycles. The third kappa shape index (κ3) is 3.75. The second-order valence-corrected chi connectivity index (χ2v) is 7.99.